The molecule has 1 aromatic heterocycles. The van der Waals surface area contributed by atoms with Crippen LogP contribution < -0.4 is 4.74 Å². The van der Waals surface area contributed by atoms with Gasteiger partial charge in [0.2, 0.25) is 0 Å². The first-order valence-electron chi connectivity index (χ1n) is 13.9. The normalized spacial score (nSPS) is 16.4. The summed E-state index contributed by atoms with van der Waals surface area (Å²) in [6.45, 7) is 0.111. The molecule has 1 unspecified atom stereocenters. The molecule has 3 aromatic carbocycles. The Labute approximate surface area is 262 Å². The molecule has 0 spiro atoms. The number of hydrogen-bond donors (Lipinski definition) is 2. The Morgan fingerprint density at radius 3 is 2.33 bits per heavy atom. The molecule has 1 aliphatic carbocycles. The molecule has 240 valence electrons. The molecule has 6 rings (SSSR count). The van der Waals surface area contributed by atoms with Crippen LogP contribution in [0.15, 0.2) is 60.7 Å². The minimum atomic E-state index is -5.08. The molecular formula is C33H25F6NO5S. The maximum Gasteiger partial charge on any atom is 0.490 e. The molecule has 1 atom stereocenters. The molecular weight excluding hydrogens is 636 g/mol. The van der Waals surface area contributed by atoms with Gasteiger partial charge in [-0.05, 0) is 65.8 Å². The Balaban J connectivity index is 0.000000537. The van der Waals surface area contributed by atoms with E-state index in [2.05, 4.69) is 4.98 Å². The van der Waals surface area contributed by atoms with Crippen molar-refractivity contribution in [3.63, 3.8) is 0 Å². The average molecular weight is 662 g/mol. The van der Waals surface area contributed by atoms with E-state index in [0.717, 1.165) is 41.7 Å². The van der Waals surface area contributed by atoms with E-state index in [1.54, 1.807) is 36.0 Å². The maximum atomic E-state index is 14.8. The van der Waals surface area contributed by atoms with E-state index in [9.17, 15) is 36.2 Å². The van der Waals surface area contributed by atoms with Gasteiger partial charge < -0.3 is 14.9 Å². The van der Waals surface area contributed by atoms with E-state index in [1.807, 2.05) is 30.3 Å². The van der Waals surface area contributed by atoms with Gasteiger partial charge in [-0.1, -0.05) is 30.3 Å². The highest BCUT2D eigenvalue weighted by Crippen LogP contribution is 2.55. The molecule has 0 radical (unpaired) electrons. The number of fused-ring (bicyclic) bond motifs is 3. The van der Waals surface area contributed by atoms with Crippen LogP contribution in [0.2, 0.25) is 0 Å². The van der Waals surface area contributed by atoms with Crippen LogP contribution >= 0.6 is 11.8 Å². The predicted octanol–water partition coefficient (Wildman–Crippen LogP) is 8.43. The SMILES string of the molecule is O=C(O)C(F)(F)F.O=C(O)CC1(CSC2c3cc(/C=C/c4ccc5cc(F)c(F)cc5n4)ccc3OCc3c(F)cccc32)CC1. The van der Waals surface area contributed by atoms with Crippen molar-refractivity contribution in [2.24, 2.45) is 5.41 Å². The van der Waals surface area contributed by atoms with Gasteiger partial charge in [-0.2, -0.15) is 13.2 Å². The molecule has 0 bridgehead atoms. The smallest absolute Gasteiger partial charge is 0.488 e. The number of carboxylic acids is 2. The molecule has 0 amide bonds. The minimum Gasteiger partial charge on any atom is -0.488 e. The second-order valence-electron chi connectivity index (χ2n) is 11.0. The zero-order valence-corrected chi connectivity index (χ0v) is 24.6. The van der Waals surface area contributed by atoms with E-state index in [-0.39, 0.29) is 29.5 Å². The van der Waals surface area contributed by atoms with Gasteiger partial charge in [0.05, 0.1) is 22.9 Å². The fraction of sp³-hybridized carbons (Fsp3) is 0.242. The summed E-state index contributed by atoms with van der Waals surface area (Å²) in [4.78, 5) is 24.7. The molecule has 13 heteroatoms. The van der Waals surface area contributed by atoms with Gasteiger partial charge in [-0.15, -0.1) is 11.8 Å². The van der Waals surface area contributed by atoms with Gasteiger partial charge in [0.1, 0.15) is 18.2 Å². The lowest BCUT2D eigenvalue weighted by Crippen LogP contribution is -2.21. The summed E-state index contributed by atoms with van der Waals surface area (Å²) in [7, 11) is 0. The number of ether oxygens (including phenoxy) is 1. The van der Waals surface area contributed by atoms with Crippen LogP contribution in [0.25, 0.3) is 23.1 Å². The third-order valence-corrected chi connectivity index (χ3v) is 9.23. The van der Waals surface area contributed by atoms with Crippen molar-refractivity contribution in [3.8, 4) is 5.75 Å². The fourth-order valence-electron chi connectivity index (χ4n) is 5.02. The third-order valence-electron chi connectivity index (χ3n) is 7.61. The monoisotopic (exact) mass is 661 g/mol. The Morgan fingerprint density at radius 2 is 1.65 bits per heavy atom. The molecule has 2 heterocycles. The Kier molecular flexibility index (Phi) is 9.34. The van der Waals surface area contributed by atoms with Crippen molar-refractivity contribution < 1.29 is 50.9 Å². The topological polar surface area (TPSA) is 96.7 Å². The van der Waals surface area contributed by atoms with Crippen LogP contribution in [0.1, 0.15) is 52.5 Å². The van der Waals surface area contributed by atoms with Gasteiger partial charge in [0, 0.05) is 28.3 Å². The predicted molar refractivity (Wildman–Crippen MR) is 160 cm³/mol. The summed E-state index contributed by atoms with van der Waals surface area (Å²) >= 11 is 1.63. The number of hydrogen-bond acceptors (Lipinski definition) is 5. The first-order valence-corrected chi connectivity index (χ1v) is 14.9. The van der Waals surface area contributed by atoms with Crippen molar-refractivity contribution >= 4 is 46.8 Å². The zero-order valence-electron chi connectivity index (χ0n) is 23.8. The molecule has 0 saturated heterocycles. The summed E-state index contributed by atoms with van der Waals surface area (Å²) in [5.41, 5.74) is 3.81. The molecule has 4 aromatic rings. The van der Waals surface area contributed by atoms with Crippen LogP contribution in [-0.2, 0) is 16.2 Å². The summed E-state index contributed by atoms with van der Waals surface area (Å²) < 4.78 is 79.8. The molecule has 2 N–H and O–H groups in total. The van der Waals surface area contributed by atoms with E-state index in [4.69, 9.17) is 14.6 Å². The second-order valence-corrected chi connectivity index (χ2v) is 12.1. The van der Waals surface area contributed by atoms with Crippen molar-refractivity contribution in [1.29, 1.82) is 0 Å². The number of rotatable bonds is 7. The van der Waals surface area contributed by atoms with Crippen LogP contribution in [-0.4, -0.2) is 39.1 Å². The second kappa shape index (κ2) is 13.1. The third kappa shape index (κ3) is 7.64. The summed E-state index contributed by atoms with van der Waals surface area (Å²) in [5.74, 6) is -4.43. The highest BCUT2D eigenvalue weighted by atomic mass is 32.2. The van der Waals surface area contributed by atoms with E-state index < -0.39 is 29.7 Å². The number of alkyl halides is 3. The lowest BCUT2D eigenvalue weighted by Gasteiger charge is -2.22. The maximum absolute atomic E-state index is 14.8. The fourth-order valence-corrected chi connectivity index (χ4v) is 6.69. The Morgan fingerprint density at radius 1 is 0.935 bits per heavy atom. The molecule has 46 heavy (non-hydrogen) atoms. The molecule has 6 nitrogen and oxygen atoms in total. The number of carboxylic acid groups (broad SMARTS) is 2. The van der Waals surface area contributed by atoms with Crippen LogP contribution in [0, 0.1) is 22.9 Å². The molecule has 1 saturated carbocycles. The van der Waals surface area contributed by atoms with Crippen molar-refractivity contribution in [2.45, 2.75) is 37.3 Å². The van der Waals surface area contributed by atoms with Crippen LogP contribution in [0.5, 0.6) is 5.75 Å². The van der Waals surface area contributed by atoms with Crippen molar-refractivity contribution in [1.82, 2.24) is 4.98 Å². The highest BCUT2D eigenvalue weighted by Gasteiger charge is 2.45. The number of halogens is 6. The summed E-state index contributed by atoms with van der Waals surface area (Å²) in [5, 5.41) is 16.8. The number of aliphatic carboxylic acids is 2. The van der Waals surface area contributed by atoms with Crippen molar-refractivity contribution in [2.75, 3.05) is 5.75 Å². The Hall–Kier alpha value is -4.52. The largest absolute Gasteiger partial charge is 0.490 e. The number of pyridine rings is 1. The van der Waals surface area contributed by atoms with Gasteiger partial charge in [-0.3, -0.25) is 4.79 Å². The van der Waals surface area contributed by atoms with E-state index in [1.165, 1.54) is 6.07 Å². The number of thioether (sulfide) groups is 1. The number of benzene rings is 3. The molecule has 1 aliphatic heterocycles. The highest BCUT2D eigenvalue weighted by molar-refractivity contribution is 7.99. The summed E-state index contributed by atoms with van der Waals surface area (Å²) in [6.07, 6.45) is 0.457. The molecule has 2 aliphatic rings. The van der Waals surface area contributed by atoms with Crippen molar-refractivity contribution in [3.05, 3.63) is 106 Å². The lowest BCUT2D eigenvalue weighted by molar-refractivity contribution is -0.192. The zero-order chi connectivity index (χ0) is 33.2. The number of nitrogens with zero attached hydrogens (tertiary/aromatic N) is 1. The van der Waals surface area contributed by atoms with Crippen LogP contribution in [0.3, 0.4) is 0 Å². The van der Waals surface area contributed by atoms with E-state index in [0.29, 0.717) is 33.7 Å². The molecule has 1 fully saturated rings. The standard InChI is InChI=1S/C31H24F3NO3S.C2HF3O2/c32-24-3-1-2-21-23(24)16-38-28-9-5-18(12-22(28)30(21)39-17-31(10-11-31)15-29(36)37)4-7-20-8-6-19-13-25(33)26(34)14-27(19)35-20;3-2(4,5)1(6)7/h1-9,12-14,30H,10-11,15-17H2,(H,36,37);(H,6,7)/b7-4+;. The van der Waals surface area contributed by atoms with Gasteiger partial charge in [0.15, 0.2) is 11.6 Å². The van der Waals surface area contributed by atoms with E-state index >= 15 is 0 Å². The van der Waals surface area contributed by atoms with Gasteiger partial charge >= 0.3 is 18.1 Å². The lowest BCUT2D eigenvalue weighted by atomic mass is 9.98. The first-order chi connectivity index (χ1) is 21.7. The number of aromatic nitrogens is 1. The number of carbonyl (C=O) groups is 2. The van der Waals surface area contributed by atoms with Gasteiger partial charge in [0.25, 0.3) is 0 Å². The minimum absolute atomic E-state index is 0.111. The first kappa shape index (κ1) is 32.9. The summed E-state index contributed by atoms with van der Waals surface area (Å²) in [6, 6.07) is 16.4. The van der Waals surface area contributed by atoms with Crippen LogP contribution in [0.4, 0.5) is 26.3 Å². The Bertz CT molecular complexity index is 1840. The van der Waals surface area contributed by atoms with Gasteiger partial charge in [-0.25, -0.2) is 22.9 Å². The average Bonchev–Trinajstić information content (AvgIpc) is 3.77. The quantitative estimate of drug-likeness (QED) is 0.192.